The van der Waals surface area contributed by atoms with Gasteiger partial charge < -0.3 is 0 Å². The Balaban J connectivity index is 4.01. The molecule has 10 heavy (non-hydrogen) atoms. The molecule has 0 nitrogen and oxygen atoms in total. The van der Waals surface area contributed by atoms with Crippen LogP contribution >= 0.6 is 84.0 Å². The van der Waals surface area contributed by atoms with Crippen LogP contribution in [0.25, 0.3) is 0 Å². The van der Waals surface area contributed by atoms with Crippen molar-refractivity contribution >= 4 is 99.5 Å². The molecule has 8 heteroatoms. The van der Waals surface area contributed by atoms with Gasteiger partial charge in [0.2, 0.25) is 0 Å². The summed E-state index contributed by atoms with van der Waals surface area (Å²) in [6.07, 6.45) is 0. The molecule has 0 aliphatic rings. The van der Waals surface area contributed by atoms with E-state index in [4.69, 9.17) is 0 Å². The SMILES string of the molecule is [Br][Ge]([Br])([Br])/[CH]=[CH]\[Ge]([Br])([Br])[Br]. The van der Waals surface area contributed by atoms with Gasteiger partial charge in [0.15, 0.2) is 0 Å². The predicted octanol–water partition coefficient (Wildman–Crippen LogP) is 4.87. The van der Waals surface area contributed by atoms with Crippen LogP contribution in [0.5, 0.6) is 0 Å². The van der Waals surface area contributed by atoms with Crippen molar-refractivity contribution in [3.05, 3.63) is 9.82 Å². The number of rotatable bonds is 2. The van der Waals surface area contributed by atoms with Gasteiger partial charge in [-0.2, -0.15) is 0 Å². The molecule has 0 fully saturated rings. The van der Waals surface area contributed by atoms with Gasteiger partial charge in [0, 0.05) is 0 Å². The first-order valence-electron chi connectivity index (χ1n) is 2.04. The minimum absolute atomic E-state index is 2.00. The number of hydrogen-bond donors (Lipinski definition) is 0. The molecule has 0 amide bonds. The summed E-state index contributed by atoms with van der Waals surface area (Å²) in [5.41, 5.74) is 0. The zero-order valence-corrected chi connectivity index (χ0v) is 18.1. The Bertz CT molecular complexity index is 114. The van der Waals surface area contributed by atoms with Crippen LogP contribution in [-0.2, 0) is 0 Å². The van der Waals surface area contributed by atoms with Gasteiger partial charge >= 0.3 is 109 Å². The molecule has 0 heterocycles. The summed E-state index contributed by atoms with van der Waals surface area (Å²) < 4.78 is 0. The van der Waals surface area contributed by atoms with E-state index in [1.54, 1.807) is 0 Å². The Morgan fingerprint density at radius 2 is 0.800 bits per heavy atom. The van der Waals surface area contributed by atoms with Gasteiger partial charge in [-0.3, -0.25) is 0 Å². The molecular weight excluding hydrogens is 649 g/mol. The molecule has 0 radical (unpaired) electrons. The Morgan fingerprint density at radius 3 is 0.900 bits per heavy atom. The van der Waals surface area contributed by atoms with Crippen LogP contribution in [0, 0.1) is 0 Å². The van der Waals surface area contributed by atoms with Crippen molar-refractivity contribution in [3.8, 4) is 0 Å². The van der Waals surface area contributed by atoms with Crippen molar-refractivity contribution in [2.45, 2.75) is 0 Å². The molecule has 0 unspecified atom stereocenters. The van der Waals surface area contributed by atoms with Crippen molar-refractivity contribution in [3.63, 3.8) is 0 Å². The first kappa shape index (κ1) is 13.7. The molecule has 0 saturated carbocycles. The maximum atomic E-state index is 3.53. The molecule has 0 N–H and O–H groups in total. The second kappa shape index (κ2) is 5.55. The quantitative estimate of drug-likeness (QED) is 0.375. The molecule has 60 valence electrons. The van der Waals surface area contributed by atoms with Crippen LogP contribution in [0.4, 0.5) is 0 Å². The molecule has 0 aromatic heterocycles. The Kier molecular flexibility index (Phi) is 7.61. The summed E-state index contributed by atoms with van der Waals surface area (Å²) in [4.78, 5) is 4.30. The molecule has 0 aromatic carbocycles. The summed E-state index contributed by atoms with van der Waals surface area (Å²) in [6.45, 7) is 0. The third-order valence-corrected chi connectivity index (χ3v) is 12.5. The zero-order chi connectivity index (χ0) is 8.41. The van der Waals surface area contributed by atoms with E-state index in [0.717, 1.165) is 0 Å². The molecule has 0 saturated heterocycles. The average Bonchev–Trinajstić information content (AvgIpc) is 1.57. The van der Waals surface area contributed by atoms with Crippen LogP contribution < -0.4 is 0 Å². The van der Waals surface area contributed by atoms with Crippen LogP contribution in [-0.4, -0.2) is 15.5 Å². The van der Waals surface area contributed by atoms with Crippen LogP contribution in [0.15, 0.2) is 9.82 Å². The normalized spacial score (nSPS) is 14.6. The fourth-order valence-corrected chi connectivity index (χ4v) is 26.5. The monoisotopic (exact) mass is 647 g/mol. The van der Waals surface area contributed by atoms with Gasteiger partial charge in [-0.05, 0) is 0 Å². The molecular formula is C2H2Br6Ge2. The first-order valence-corrected chi connectivity index (χ1v) is 33.9. The number of halogens is 6. The van der Waals surface area contributed by atoms with Gasteiger partial charge in [0.1, 0.15) is 0 Å². The standard InChI is InChI=1S/C2H2Br6Ge2/c3-9(4,5)1-2-10(6,7)8/h1-2H/b2-1-. The van der Waals surface area contributed by atoms with E-state index >= 15 is 0 Å². The molecule has 0 rings (SSSR count). The van der Waals surface area contributed by atoms with Gasteiger partial charge in [-0.1, -0.05) is 0 Å². The fraction of sp³-hybridized carbons (Fsp3) is 0. The van der Waals surface area contributed by atoms with Gasteiger partial charge in [0.25, 0.3) is 0 Å². The third-order valence-electron chi connectivity index (χ3n) is 0.461. The van der Waals surface area contributed by atoms with E-state index in [9.17, 15) is 0 Å². The van der Waals surface area contributed by atoms with Gasteiger partial charge in [0.05, 0.1) is 0 Å². The van der Waals surface area contributed by atoms with Crippen molar-refractivity contribution < 1.29 is 0 Å². The van der Waals surface area contributed by atoms with E-state index in [1.165, 1.54) is 0 Å². The number of hydrogen-bond acceptors (Lipinski definition) is 0. The average molecular weight is 651 g/mol. The van der Waals surface area contributed by atoms with E-state index in [-0.39, 0.29) is 0 Å². The van der Waals surface area contributed by atoms with E-state index in [1.807, 2.05) is 0 Å². The molecule has 0 atom stereocenters. The molecule has 0 aliphatic carbocycles. The van der Waals surface area contributed by atoms with Crippen LogP contribution in [0.2, 0.25) is 0 Å². The Hall–Kier alpha value is 3.71. The maximum absolute atomic E-state index is 3.53. The molecule has 0 spiro atoms. The van der Waals surface area contributed by atoms with Crippen molar-refractivity contribution in [2.24, 2.45) is 0 Å². The molecule has 0 aromatic rings. The summed E-state index contributed by atoms with van der Waals surface area (Å²) >= 11 is 21.2. The minimum atomic E-state index is -2.00. The van der Waals surface area contributed by atoms with E-state index < -0.39 is 15.5 Å². The molecule has 0 bridgehead atoms. The summed E-state index contributed by atoms with van der Waals surface area (Å²) in [5.74, 6) is 0. The Morgan fingerprint density at radius 1 is 0.600 bits per heavy atom. The molecule has 0 aliphatic heterocycles. The summed E-state index contributed by atoms with van der Waals surface area (Å²) in [5, 5.41) is 0. The fourth-order valence-electron chi connectivity index (χ4n) is 0.189. The van der Waals surface area contributed by atoms with Crippen molar-refractivity contribution in [1.82, 2.24) is 0 Å². The zero-order valence-electron chi connectivity index (χ0n) is 4.42. The topological polar surface area (TPSA) is 0 Å². The summed E-state index contributed by atoms with van der Waals surface area (Å²) in [7, 11) is -4.00. The van der Waals surface area contributed by atoms with Crippen molar-refractivity contribution in [2.75, 3.05) is 0 Å². The van der Waals surface area contributed by atoms with Crippen molar-refractivity contribution in [1.29, 1.82) is 0 Å². The summed E-state index contributed by atoms with van der Waals surface area (Å²) in [6, 6.07) is 0. The second-order valence-corrected chi connectivity index (χ2v) is 79.5. The predicted molar refractivity (Wildman–Crippen MR) is 74.2 cm³/mol. The first-order chi connectivity index (χ1) is 4.21. The van der Waals surface area contributed by atoms with Gasteiger partial charge in [-0.25, -0.2) is 0 Å². The van der Waals surface area contributed by atoms with Crippen LogP contribution in [0.1, 0.15) is 0 Å². The van der Waals surface area contributed by atoms with Gasteiger partial charge in [-0.15, -0.1) is 0 Å². The third kappa shape index (κ3) is 11.7. The van der Waals surface area contributed by atoms with E-state index in [2.05, 4.69) is 93.8 Å². The Labute approximate surface area is 107 Å². The van der Waals surface area contributed by atoms with E-state index in [0.29, 0.717) is 0 Å². The second-order valence-electron chi connectivity index (χ2n) is 1.42. The van der Waals surface area contributed by atoms with Crippen LogP contribution in [0.3, 0.4) is 0 Å².